The topological polar surface area (TPSA) is 97.5 Å². The Morgan fingerprint density at radius 1 is 1.33 bits per heavy atom. The Morgan fingerprint density at radius 3 is 3.00 bits per heavy atom. The number of aromatic amines is 1. The third kappa shape index (κ3) is 0.895. The van der Waals surface area contributed by atoms with Crippen LogP contribution in [0.25, 0.3) is 11.0 Å². The van der Waals surface area contributed by atoms with Gasteiger partial charge in [0.05, 0.1) is 5.39 Å². The van der Waals surface area contributed by atoms with Crippen LogP contribution in [0.3, 0.4) is 0 Å². The average Bonchev–Trinajstić information content (AvgIpc) is 2.04. The first-order valence-corrected chi connectivity index (χ1v) is 3.23. The average molecular weight is 163 g/mol. The first-order chi connectivity index (χ1) is 5.77. The van der Waals surface area contributed by atoms with Crippen molar-refractivity contribution in [3.8, 4) is 0 Å². The number of nitrogens with two attached hydrogens (primary N) is 1. The van der Waals surface area contributed by atoms with E-state index in [9.17, 15) is 4.79 Å². The van der Waals surface area contributed by atoms with Gasteiger partial charge in [-0.1, -0.05) is 0 Å². The molecule has 0 aromatic carbocycles. The minimum atomic E-state index is -0.444. The highest BCUT2D eigenvalue weighted by atomic mass is 16.1. The molecule has 0 aliphatic heterocycles. The van der Waals surface area contributed by atoms with Crippen molar-refractivity contribution in [2.75, 3.05) is 5.73 Å². The number of aromatic nitrogens is 4. The molecule has 12 heavy (non-hydrogen) atoms. The summed E-state index contributed by atoms with van der Waals surface area (Å²) in [7, 11) is 0. The summed E-state index contributed by atoms with van der Waals surface area (Å²) in [4.78, 5) is 24.2. The molecule has 60 valence electrons. The second-order valence-corrected chi connectivity index (χ2v) is 2.21. The van der Waals surface area contributed by atoms with Crippen LogP contribution in [0, 0.1) is 0 Å². The summed E-state index contributed by atoms with van der Waals surface area (Å²) in [6.07, 6.45) is 2.64. The van der Waals surface area contributed by atoms with Crippen LogP contribution in [-0.2, 0) is 0 Å². The molecule has 0 aliphatic rings. The predicted molar refractivity (Wildman–Crippen MR) is 42.4 cm³/mol. The number of nitrogens with zero attached hydrogens (tertiary/aromatic N) is 3. The molecule has 0 saturated carbocycles. The summed E-state index contributed by atoms with van der Waals surface area (Å²) in [6.45, 7) is 0. The quantitative estimate of drug-likeness (QED) is 0.535. The van der Waals surface area contributed by atoms with E-state index < -0.39 is 5.69 Å². The van der Waals surface area contributed by atoms with Crippen molar-refractivity contribution in [2.45, 2.75) is 0 Å². The standard InChI is InChI=1S/C6H5N5O/c7-4-3-1-8-6(12)11-5(3)10-2-9-4/h1-2H,(H3,7,8,9,10,11,12). The molecule has 2 aromatic heterocycles. The lowest BCUT2D eigenvalue weighted by Gasteiger charge is -1.96. The van der Waals surface area contributed by atoms with Gasteiger partial charge >= 0.3 is 5.69 Å². The maximum Gasteiger partial charge on any atom is 0.346 e. The van der Waals surface area contributed by atoms with Gasteiger partial charge in [-0.05, 0) is 0 Å². The van der Waals surface area contributed by atoms with Gasteiger partial charge in [-0.15, -0.1) is 0 Å². The molecule has 3 N–H and O–H groups in total. The fourth-order valence-electron chi connectivity index (χ4n) is 0.893. The molecule has 2 heterocycles. The van der Waals surface area contributed by atoms with Crippen LogP contribution >= 0.6 is 0 Å². The fraction of sp³-hybridized carbons (Fsp3) is 0. The van der Waals surface area contributed by atoms with Crippen LogP contribution in [0.2, 0.25) is 0 Å². The number of hydrogen-bond donors (Lipinski definition) is 2. The van der Waals surface area contributed by atoms with E-state index in [0.717, 1.165) is 0 Å². The Balaban J connectivity index is 2.96. The molecule has 0 saturated heterocycles. The van der Waals surface area contributed by atoms with Gasteiger partial charge in [0.15, 0.2) is 0 Å². The van der Waals surface area contributed by atoms with E-state index in [-0.39, 0.29) is 0 Å². The summed E-state index contributed by atoms with van der Waals surface area (Å²) in [6, 6.07) is 0. The highest BCUT2D eigenvalue weighted by Gasteiger charge is 1.99. The number of nitrogens with one attached hydrogen (secondary N) is 1. The summed E-state index contributed by atoms with van der Waals surface area (Å²) in [5.74, 6) is 0.309. The molecule has 2 rings (SSSR count). The minimum Gasteiger partial charge on any atom is -0.383 e. The molecule has 2 aromatic rings. The predicted octanol–water partition coefficient (Wildman–Crippen LogP) is -0.705. The van der Waals surface area contributed by atoms with Crippen molar-refractivity contribution in [3.05, 3.63) is 23.0 Å². The lowest BCUT2D eigenvalue weighted by atomic mass is 10.4. The van der Waals surface area contributed by atoms with Crippen LogP contribution in [0.1, 0.15) is 0 Å². The highest BCUT2D eigenvalue weighted by molar-refractivity contribution is 5.83. The monoisotopic (exact) mass is 163 g/mol. The maximum atomic E-state index is 10.7. The van der Waals surface area contributed by atoms with Crippen LogP contribution in [0.4, 0.5) is 5.82 Å². The van der Waals surface area contributed by atoms with E-state index in [4.69, 9.17) is 5.73 Å². The van der Waals surface area contributed by atoms with Crippen LogP contribution in [-0.4, -0.2) is 19.9 Å². The van der Waals surface area contributed by atoms with Crippen molar-refractivity contribution in [1.29, 1.82) is 0 Å². The van der Waals surface area contributed by atoms with Crippen LogP contribution in [0.5, 0.6) is 0 Å². The number of hydrogen-bond acceptors (Lipinski definition) is 5. The number of H-pyrrole nitrogens is 1. The van der Waals surface area contributed by atoms with E-state index in [1.54, 1.807) is 0 Å². The Labute approximate surface area is 66.5 Å². The molecular formula is C6H5N5O. The Hall–Kier alpha value is -1.98. The Kier molecular flexibility index (Phi) is 1.26. The third-order valence-corrected chi connectivity index (χ3v) is 1.45. The minimum absolute atomic E-state index is 0.309. The van der Waals surface area contributed by atoms with Gasteiger partial charge in [0, 0.05) is 6.20 Å². The van der Waals surface area contributed by atoms with E-state index >= 15 is 0 Å². The molecule has 6 heteroatoms. The number of nitrogen functional groups attached to an aromatic ring is 1. The summed E-state index contributed by atoms with van der Waals surface area (Å²) in [5, 5.41) is 0.553. The fourth-order valence-corrected chi connectivity index (χ4v) is 0.893. The first kappa shape index (κ1) is 6.71. The van der Waals surface area contributed by atoms with Gasteiger partial charge in [0.1, 0.15) is 17.8 Å². The molecule has 0 amide bonds. The van der Waals surface area contributed by atoms with E-state index in [2.05, 4.69) is 19.9 Å². The van der Waals surface area contributed by atoms with E-state index in [1.165, 1.54) is 12.5 Å². The molecule has 0 spiro atoms. The maximum absolute atomic E-state index is 10.7. The molecule has 6 nitrogen and oxygen atoms in total. The van der Waals surface area contributed by atoms with Crippen LogP contribution < -0.4 is 11.4 Å². The molecule has 0 atom stereocenters. The number of rotatable bonds is 0. The zero-order chi connectivity index (χ0) is 8.55. The smallest absolute Gasteiger partial charge is 0.346 e. The molecule has 0 aliphatic carbocycles. The highest BCUT2D eigenvalue weighted by Crippen LogP contribution is 2.09. The van der Waals surface area contributed by atoms with Gasteiger partial charge in [-0.2, -0.15) is 0 Å². The Morgan fingerprint density at radius 2 is 2.17 bits per heavy atom. The van der Waals surface area contributed by atoms with E-state index in [1.807, 2.05) is 0 Å². The number of fused-ring (bicyclic) bond motifs is 1. The van der Waals surface area contributed by atoms with Crippen molar-refractivity contribution in [3.63, 3.8) is 0 Å². The van der Waals surface area contributed by atoms with Crippen LogP contribution in [0.15, 0.2) is 17.3 Å². The van der Waals surface area contributed by atoms with Crippen molar-refractivity contribution in [1.82, 2.24) is 19.9 Å². The SMILES string of the molecule is Nc1ncnc2[nH]c(=O)ncc12. The lowest BCUT2D eigenvalue weighted by molar-refractivity contribution is 1.08. The third-order valence-electron chi connectivity index (χ3n) is 1.45. The number of anilines is 1. The molecule has 0 bridgehead atoms. The molecule has 0 unspecified atom stereocenters. The summed E-state index contributed by atoms with van der Waals surface area (Å²) < 4.78 is 0. The van der Waals surface area contributed by atoms with Crippen molar-refractivity contribution in [2.24, 2.45) is 0 Å². The van der Waals surface area contributed by atoms with Crippen molar-refractivity contribution >= 4 is 16.9 Å². The zero-order valence-electron chi connectivity index (χ0n) is 5.98. The van der Waals surface area contributed by atoms with Gasteiger partial charge in [-0.3, -0.25) is 4.98 Å². The van der Waals surface area contributed by atoms with Gasteiger partial charge in [0.25, 0.3) is 0 Å². The zero-order valence-corrected chi connectivity index (χ0v) is 5.98. The molecule has 0 radical (unpaired) electrons. The van der Waals surface area contributed by atoms with Crippen molar-refractivity contribution < 1.29 is 0 Å². The molecule has 0 fully saturated rings. The lowest BCUT2D eigenvalue weighted by Crippen LogP contribution is -2.10. The second kappa shape index (κ2) is 2.26. The van der Waals surface area contributed by atoms with Gasteiger partial charge < -0.3 is 5.73 Å². The van der Waals surface area contributed by atoms with E-state index in [0.29, 0.717) is 16.9 Å². The van der Waals surface area contributed by atoms with Gasteiger partial charge in [-0.25, -0.2) is 19.7 Å². The second-order valence-electron chi connectivity index (χ2n) is 2.21. The summed E-state index contributed by atoms with van der Waals surface area (Å²) in [5.41, 5.74) is 5.45. The normalized spacial score (nSPS) is 10.3. The first-order valence-electron chi connectivity index (χ1n) is 3.23. The largest absolute Gasteiger partial charge is 0.383 e. The van der Waals surface area contributed by atoms with Gasteiger partial charge in [0.2, 0.25) is 0 Å². The Bertz CT molecular complexity index is 477. The summed E-state index contributed by atoms with van der Waals surface area (Å²) >= 11 is 0. The molecular weight excluding hydrogens is 158 g/mol.